The lowest BCUT2D eigenvalue weighted by molar-refractivity contribution is -0.0689. The number of hydrogen-bond acceptors (Lipinski definition) is 6. The fourth-order valence-corrected chi connectivity index (χ4v) is 3.26. The summed E-state index contributed by atoms with van der Waals surface area (Å²) in [5, 5.41) is 10.3. The smallest absolute Gasteiger partial charge is 0.245 e. The molecule has 1 fully saturated rings. The zero-order valence-electron chi connectivity index (χ0n) is 11.0. The molecule has 0 atom stereocenters. The number of aliphatic hydroxyl groups is 1. The molecule has 0 saturated carbocycles. The Labute approximate surface area is 122 Å². The zero-order valence-corrected chi connectivity index (χ0v) is 12.6. The van der Waals surface area contributed by atoms with Crippen LogP contribution in [0.3, 0.4) is 0 Å². The fourth-order valence-electron chi connectivity index (χ4n) is 2.02. The van der Waals surface area contributed by atoms with Gasteiger partial charge in [0.15, 0.2) is 0 Å². The van der Waals surface area contributed by atoms with E-state index in [1.165, 1.54) is 7.05 Å². The van der Waals surface area contributed by atoms with Crippen molar-refractivity contribution in [2.45, 2.75) is 23.3 Å². The van der Waals surface area contributed by atoms with Gasteiger partial charge in [-0.25, -0.2) is 18.4 Å². The second kappa shape index (κ2) is 5.90. The van der Waals surface area contributed by atoms with E-state index < -0.39 is 15.6 Å². The number of rotatable bonds is 4. The van der Waals surface area contributed by atoms with Gasteiger partial charge in [-0.1, -0.05) is 0 Å². The highest BCUT2D eigenvalue weighted by molar-refractivity contribution is 7.89. The van der Waals surface area contributed by atoms with Gasteiger partial charge in [-0.3, -0.25) is 0 Å². The molecule has 1 aliphatic rings. The molecule has 0 amide bonds. The highest BCUT2D eigenvalue weighted by Gasteiger charge is 2.35. The van der Waals surface area contributed by atoms with Crippen LogP contribution in [-0.2, 0) is 14.8 Å². The van der Waals surface area contributed by atoms with Gasteiger partial charge in [-0.15, -0.1) is 0 Å². The van der Waals surface area contributed by atoms with Gasteiger partial charge < -0.3 is 9.84 Å². The third kappa shape index (κ3) is 3.44. The van der Waals surface area contributed by atoms with E-state index in [2.05, 4.69) is 9.97 Å². The highest BCUT2D eigenvalue weighted by atomic mass is 35.5. The molecule has 1 aromatic heterocycles. The highest BCUT2D eigenvalue weighted by Crippen LogP contribution is 2.24. The van der Waals surface area contributed by atoms with Gasteiger partial charge in [0.05, 0.1) is 18.0 Å². The Bertz CT molecular complexity index is 558. The molecular weight excluding hydrogens is 306 g/mol. The normalized spacial score (nSPS) is 19.2. The average Bonchev–Trinajstić information content (AvgIpc) is 2.39. The predicted molar refractivity (Wildman–Crippen MR) is 71.9 cm³/mol. The minimum Gasteiger partial charge on any atom is -0.388 e. The molecule has 112 valence electrons. The Morgan fingerprint density at radius 3 is 2.50 bits per heavy atom. The lowest BCUT2D eigenvalue weighted by Crippen LogP contribution is -2.47. The van der Waals surface area contributed by atoms with Gasteiger partial charge in [-0.05, 0) is 11.6 Å². The summed E-state index contributed by atoms with van der Waals surface area (Å²) in [5.41, 5.74) is -1.06. The predicted octanol–water partition coefficient (Wildman–Crippen LogP) is 0.292. The summed E-state index contributed by atoms with van der Waals surface area (Å²) in [6, 6.07) is 0. The van der Waals surface area contributed by atoms with Crippen LogP contribution in [-0.4, -0.2) is 60.2 Å². The maximum absolute atomic E-state index is 12.3. The molecule has 2 heterocycles. The van der Waals surface area contributed by atoms with Crippen LogP contribution in [0.4, 0.5) is 0 Å². The summed E-state index contributed by atoms with van der Waals surface area (Å²) in [5.74, 6) is 0. The fraction of sp³-hybridized carbons (Fsp3) is 0.636. The van der Waals surface area contributed by atoms with Gasteiger partial charge in [0.2, 0.25) is 15.3 Å². The molecule has 1 saturated heterocycles. The van der Waals surface area contributed by atoms with Crippen molar-refractivity contribution in [3.05, 3.63) is 17.7 Å². The maximum Gasteiger partial charge on any atom is 0.245 e. The standard InChI is InChI=1S/C11H16ClN3O4S/c1-15(8-11(16)2-4-19-5-3-11)20(17,18)9-6-13-10(12)14-7-9/h6-7,16H,2-5,8H2,1H3. The first kappa shape index (κ1) is 15.6. The Hall–Kier alpha value is -0.800. The molecule has 1 aromatic rings. The van der Waals surface area contributed by atoms with E-state index >= 15 is 0 Å². The lowest BCUT2D eigenvalue weighted by Gasteiger charge is -2.34. The first-order valence-electron chi connectivity index (χ1n) is 6.08. The zero-order chi connectivity index (χ0) is 14.8. The monoisotopic (exact) mass is 321 g/mol. The number of nitrogens with zero attached hydrogens (tertiary/aromatic N) is 3. The Kier molecular flexibility index (Phi) is 4.60. The number of aromatic nitrogens is 2. The SMILES string of the molecule is CN(CC1(O)CCOCC1)S(=O)(=O)c1cnc(Cl)nc1. The quantitative estimate of drug-likeness (QED) is 0.801. The molecule has 0 radical (unpaired) electrons. The van der Waals surface area contributed by atoms with Crippen LogP contribution in [0.5, 0.6) is 0 Å². The van der Waals surface area contributed by atoms with Crippen LogP contribution < -0.4 is 0 Å². The molecule has 20 heavy (non-hydrogen) atoms. The molecule has 0 bridgehead atoms. The van der Waals surface area contributed by atoms with E-state index in [4.69, 9.17) is 16.3 Å². The van der Waals surface area contributed by atoms with Crippen molar-refractivity contribution >= 4 is 21.6 Å². The maximum atomic E-state index is 12.3. The van der Waals surface area contributed by atoms with E-state index in [0.29, 0.717) is 26.1 Å². The van der Waals surface area contributed by atoms with Gasteiger partial charge in [-0.2, -0.15) is 4.31 Å². The molecule has 0 unspecified atom stereocenters. The molecule has 7 nitrogen and oxygen atoms in total. The number of halogens is 1. The van der Waals surface area contributed by atoms with Gasteiger partial charge >= 0.3 is 0 Å². The van der Waals surface area contributed by atoms with Gasteiger partial charge in [0.25, 0.3) is 0 Å². The van der Waals surface area contributed by atoms with E-state index in [0.717, 1.165) is 16.7 Å². The lowest BCUT2D eigenvalue weighted by atomic mass is 9.95. The van der Waals surface area contributed by atoms with Crippen LogP contribution in [0.1, 0.15) is 12.8 Å². The van der Waals surface area contributed by atoms with E-state index in [9.17, 15) is 13.5 Å². The summed E-state index contributed by atoms with van der Waals surface area (Å²) in [6.07, 6.45) is 3.11. The number of hydrogen-bond donors (Lipinski definition) is 1. The van der Waals surface area contributed by atoms with Crippen LogP contribution in [0, 0.1) is 0 Å². The second-order valence-electron chi connectivity index (χ2n) is 4.79. The van der Waals surface area contributed by atoms with E-state index in [1.807, 2.05) is 0 Å². The van der Waals surface area contributed by atoms with Crippen molar-refractivity contribution in [3.63, 3.8) is 0 Å². The first-order valence-corrected chi connectivity index (χ1v) is 7.89. The number of likely N-dealkylation sites (N-methyl/N-ethyl adjacent to an activating group) is 1. The Balaban J connectivity index is 2.14. The van der Waals surface area contributed by atoms with Crippen molar-refractivity contribution in [2.75, 3.05) is 26.8 Å². The van der Waals surface area contributed by atoms with E-state index in [1.54, 1.807) is 0 Å². The van der Waals surface area contributed by atoms with Gasteiger partial charge in [0, 0.05) is 39.6 Å². The van der Waals surface area contributed by atoms with Crippen molar-refractivity contribution in [1.82, 2.24) is 14.3 Å². The largest absolute Gasteiger partial charge is 0.388 e. The number of ether oxygens (including phenoxy) is 1. The van der Waals surface area contributed by atoms with Crippen LogP contribution in [0.15, 0.2) is 17.3 Å². The van der Waals surface area contributed by atoms with Crippen LogP contribution in [0.25, 0.3) is 0 Å². The Morgan fingerprint density at radius 1 is 1.40 bits per heavy atom. The number of sulfonamides is 1. The van der Waals surface area contributed by atoms with Crippen LogP contribution in [0.2, 0.25) is 5.28 Å². The molecule has 0 aliphatic carbocycles. The minimum atomic E-state index is -3.74. The molecule has 0 aromatic carbocycles. The molecule has 9 heteroatoms. The third-order valence-electron chi connectivity index (χ3n) is 3.25. The summed E-state index contributed by atoms with van der Waals surface area (Å²) >= 11 is 5.53. The minimum absolute atomic E-state index is 0.00131. The van der Waals surface area contributed by atoms with E-state index in [-0.39, 0.29) is 16.7 Å². The summed E-state index contributed by atoms with van der Waals surface area (Å²) in [7, 11) is -2.33. The van der Waals surface area contributed by atoms with Crippen molar-refractivity contribution in [3.8, 4) is 0 Å². The van der Waals surface area contributed by atoms with Crippen LogP contribution >= 0.6 is 11.6 Å². The second-order valence-corrected chi connectivity index (χ2v) is 7.17. The summed E-state index contributed by atoms with van der Waals surface area (Å²) in [6.45, 7) is 0.851. The van der Waals surface area contributed by atoms with Crippen molar-refractivity contribution in [1.29, 1.82) is 0 Å². The molecular formula is C11H16ClN3O4S. The molecule has 0 spiro atoms. The molecule has 2 rings (SSSR count). The molecule has 1 aliphatic heterocycles. The van der Waals surface area contributed by atoms with Crippen molar-refractivity contribution in [2.24, 2.45) is 0 Å². The third-order valence-corrected chi connectivity index (χ3v) is 5.20. The van der Waals surface area contributed by atoms with Crippen molar-refractivity contribution < 1.29 is 18.3 Å². The summed E-state index contributed by atoms with van der Waals surface area (Å²) < 4.78 is 30.9. The average molecular weight is 322 g/mol. The summed E-state index contributed by atoms with van der Waals surface area (Å²) in [4.78, 5) is 7.26. The van der Waals surface area contributed by atoms with Gasteiger partial charge in [0.1, 0.15) is 4.90 Å². The topological polar surface area (TPSA) is 92.6 Å². The first-order chi connectivity index (χ1) is 9.33. The Morgan fingerprint density at radius 2 is 1.95 bits per heavy atom. The molecule has 1 N–H and O–H groups in total.